The molecule has 1 saturated heterocycles. The summed E-state index contributed by atoms with van der Waals surface area (Å²) in [5.74, 6) is -0.744. The van der Waals surface area contributed by atoms with Gasteiger partial charge in [0.25, 0.3) is 5.91 Å². The molecule has 0 aromatic heterocycles. The van der Waals surface area contributed by atoms with Gasteiger partial charge in [-0.05, 0) is 12.1 Å². The van der Waals surface area contributed by atoms with E-state index in [1.54, 1.807) is 0 Å². The molecule has 1 aliphatic heterocycles. The molecular weight excluding hydrogens is 304 g/mol. The molecule has 0 unspecified atom stereocenters. The Morgan fingerprint density at radius 2 is 2.25 bits per heavy atom. The van der Waals surface area contributed by atoms with Crippen LogP contribution in [0.2, 0.25) is 0 Å². The Labute approximate surface area is 122 Å². The van der Waals surface area contributed by atoms with Crippen LogP contribution < -0.4 is 10.1 Å². The summed E-state index contributed by atoms with van der Waals surface area (Å²) in [7, 11) is 1.35. The Bertz CT molecular complexity index is 656. The number of amides is 1. The predicted octanol–water partition coefficient (Wildman–Crippen LogP) is 1.80. The number of thioether (sulfide) groups is 1. The minimum Gasteiger partial charge on any atom is -0.502 e. The second kappa shape index (κ2) is 5.47. The van der Waals surface area contributed by atoms with Crippen LogP contribution in [-0.4, -0.2) is 27.4 Å². The first-order chi connectivity index (χ1) is 9.42. The molecule has 20 heavy (non-hydrogen) atoms. The highest BCUT2D eigenvalue weighted by molar-refractivity contribution is 8.26. The van der Waals surface area contributed by atoms with Crippen LogP contribution in [0, 0.1) is 10.1 Å². The van der Waals surface area contributed by atoms with E-state index in [1.165, 1.54) is 19.3 Å². The molecule has 1 aromatic carbocycles. The van der Waals surface area contributed by atoms with E-state index in [9.17, 15) is 20.0 Å². The zero-order valence-corrected chi connectivity index (χ0v) is 11.7. The summed E-state index contributed by atoms with van der Waals surface area (Å²) in [5.41, 5.74) is -0.388. The first-order valence-corrected chi connectivity index (χ1v) is 6.45. The molecule has 0 aliphatic carbocycles. The van der Waals surface area contributed by atoms with Crippen LogP contribution in [0.1, 0.15) is 5.56 Å². The number of hydrogen-bond acceptors (Lipinski definition) is 7. The highest BCUT2D eigenvalue weighted by atomic mass is 32.2. The summed E-state index contributed by atoms with van der Waals surface area (Å²) in [6.07, 6.45) is 1.32. The number of nitro groups is 1. The highest BCUT2D eigenvalue weighted by Gasteiger charge is 2.24. The van der Waals surface area contributed by atoms with Gasteiger partial charge in [0.15, 0.2) is 0 Å². The van der Waals surface area contributed by atoms with E-state index in [-0.39, 0.29) is 20.5 Å². The number of benzene rings is 1. The largest absolute Gasteiger partial charge is 0.502 e. The van der Waals surface area contributed by atoms with Crippen molar-refractivity contribution >= 4 is 46.0 Å². The summed E-state index contributed by atoms with van der Waals surface area (Å²) < 4.78 is 5.23. The average Bonchev–Trinajstić information content (AvgIpc) is 2.70. The van der Waals surface area contributed by atoms with Crippen LogP contribution in [0.15, 0.2) is 17.0 Å². The number of carbonyl (C=O) groups is 1. The van der Waals surface area contributed by atoms with Crippen LogP contribution in [0.4, 0.5) is 5.69 Å². The van der Waals surface area contributed by atoms with Crippen molar-refractivity contribution in [3.05, 3.63) is 32.7 Å². The molecule has 1 aliphatic rings. The summed E-state index contributed by atoms with van der Waals surface area (Å²) >= 11 is 5.85. The number of nitro benzene ring substituents is 1. The molecule has 0 spiro atoms. The Morgan fingerprint density at radius 3 is 2.75 bits per heavy atom. The Balaban J connectivity index is 2.54. The lowest BCUT2D eigenvalue weighted by Crippen LogP contribution is -2.17. The number of hydrogen-bond donors (Lipinski definition) is 2. The molecule has 0 atom stereocenters. The molecule has 1 heterocycles. The van der Waals surface area contributed by atoms with Gasteiger partial charge in [-0.2, -0.15) is 0 Å². The topological polar surface area (TPSA) is 102 Å². The third-order valence-electron chi connectivity index (χ3n) is 2.45. The molecule has 0 bridgehead atoms. The zero-order valence-electron chi connectivity index (χ0n) is 10.1. The number of nitrogens with zero attached hydrogens (tertiary/aromatic N) is 1. The third kappa shape index (κ3) is 2.73. The normalized spacial score (nSPS) is 16.4. The number of nitrogens with one attached hydrogen (secondary N) is 1. The molecule has 2 N–H and O–H groups in total. The standard InChI is InChI=1S/C11H8N2O5S2/c1-18-6-2-5(9(14)7(4-6)13(16)17)3-8-10(15)12-11(19)20-8/h2-4,14H,1H3,(H,12,15,19)/b8-3-. The zero-order chi connectivity index (χ0) is 14.9. The lowest BCUT2D eigenvalue weighted by atomic mass is 10.1. The molecule has 9 heteroatoms. The monoisotopic (exact) mass is 312 g/mol. The molecule has 0 radical (unpaired) electrons. The quantitative estimate of drug-likeness (QED) is 0.380. The van der Waals surface area contributed by atoms with Crippen molar-refractivity contribution in [2.75, 3.05) is 7.11 Å². The minimum atomic E-state index is -0.730. The SMILES string of the molecule is COc1cc(/C=C2\SC(=S)NC2=O)c(O)c([N+](=O)[O-])c1. The fraction of sp³-hybridized carbons (Fsp3) is 0.0909. The van der Waals surface area contributed by atoms with E-state index >= 15 is 0 Å². The highest BCUT2D eigenvalue weighted by Crippen LogP contribution is 2.37. The van der Waals surface area contributed by atoms with Crippen molar-refractivity contribution < 1.29 is 19.6 Å². The van der Waals surface area contributed by atoms with Gasteiger partial charge in [-0.15, -0.1) is 0 Å². The number of carbonyl (C=O) groups excluding carboxylic acids is 1. The molecule has 7 nitrogen and oxygen atoms in total. The average molecular weight is 312 g/mol. The Morgan fingerprint density at radius 1 is 1.55 bits per heavy atom. The summed E-state index contributed by atoms with van der Waals surface area (Å²) in [6.45, 7) is 0. The van der Waals surface area contributed by atoms with Gasteiger partial charge in [0.1, 0.15) is 10.1 Å². The Hall–Kier alpha value is -2.13. The van der Waals surface area contributed by atoms with Crippen LogP contribution in [0.5, 0.6) is 11.5 Å². The van der Waals surface area contributed by atoms with E-state index in [1.807, 2.05) is 0 Å². The van der Waals surface area contributed by atoms with Crippen molar-refractivity contribution in [1.29, 1.82) is 0 Å². The van der Waals surface area contributed by atoms with Gasteiger partial charge in [-0.1, -0.05) is 24.0 Å². The molecule has 104 valence electrons. The lowest BCUT2D eigenvalue weighted by molar-refractivity contribution is -0.385. The minimum absolute atomic E-state index is 0.110. The number of aromatic hydroxyl groups is 1. The van der Waals surface area contributed by atoms with Gasteiger partial charge in [0.05, 0.1) is 23.0 Å². The van der Waals surface area contributed by atoms with Gasteiger partial charge in [0, 0.05) is 5.56 Å². The Kier molecular flexibility index (Phi) is 3.91. The van der Waals surface area contributed by atoms with Crippen LogP contribution in [0.25, 0.3) is 6.08 Å². The summed E-state index contributed by atoms with van der Waals surface area (Å²) in [4.78, 5) is 21.9. The van der Waals surface area contributed by atoms with E-state index < -0.39 is 22.3 Å². The van der Waals surface area contributed by atoms with E-state index in [0.29, 0.717) is 0 Å². The van der Waals surface area contributed by atoms with Gasteiger partial charge in [-0.3, -0.25) is 14.9 Å². The maximum Gasteiger partial charge on any atom is 0.315 e. The molecular formula is C11H8N2O5S2. The number of ether oxygens (including phenoxy) is 1. The van der Waals surface area contributed by atoms with Crippen LogP contribution in [-0.2, 0) is 4.79 Å². The van der Waals surface area contributed by atoms with Gasteiger partial charge in [0.2, 0.25) is 5.75 Å². The number of thiocarbonyl (C=S) groups is 1. The molecule has 1 amide bonds. The van der Waals surface area contributed by atoms with Crippen LogP contribution in [0.3, 0.4) is 0 Å². The van der Waals surface area contributed by atoms with Crippen LogP contribution >= 0.6 is 24.0 Å². The summed E-state index contributed by atoms with van der Waals surface area (Å²) in [6, 6.07) is 2.49. The maximum atomic E-state index is 11.5. The first kappa shape index (κ1) is 14.3. The fourth-order valence-electron chi connectivity index (χ4n) is 1.54. The molecule has 1 aromatic rings. The van der Waals surface area contributed by atoms with Gasteiger partial charge >= 0.3 is 5.69 Å². The lowest BCUT2D eigenvalue weighted by Gasteiger charge is -2.05. The van der Waals surface area contributed by atoms with Crippen molar-refractivity contribution in [2.45, 2.75) is 0 Å². The predicted molar refractivity (Wildman–Crippen MR) is 77.6 cm³/mol. The number of methoxy groups -OCH3 is 1. The first-order valence-electron chi connectivity index (χ1n) is 5.22. The van der Waals surface area contributed by atoms with E-state index in [2.05, 4.69) is 5.32 Å². The van der Waals surface area contributed by atoms with Crippen molar-refractivity contribution in [3.8, 4) is 11.5 Å². The smallest absolute Gasteiger partial charge is 0.315 e. The number of phenols is 1. The van der Waals surface area contributed by atoms with Crippen molar-refractivity contribution in [1.82, 2.24) is 5.32 Å². The molecule has 1 fully saturated rings. The van der Waals surface area contributed by atoms with Gasteiger partial charge in [-0.25, -0.2) is 0 Å². The van der Waals surface area contributed by atoms with Gasteiger partial charge < -0.3 is 15.2 Å². The summed E-state index contributed by atoms with van der Waals surface area (Å²) in [5, 5.41) is 23.1. The second-order valence-electron chi connectivity index (χ2n) is 3.69. The third-order valence-corrected chi connectivity index (χ3v) is 3.62. The second-order valence-corrected chi connectivity index (χ2v) is 5.41. The number of phenolic OH excluding ortho intramolecular Hbond substituents is 1. The van der Waals surface area contributed by atoms with Crippen molar-refractivity contribution in [3.63, 3.8) is 0 Å². The fourth-order valence-corrected chi connectivity index (χ4v) is 2.58. The molecule has 2 rings (SSSR count). The van der Waals surface area contributed by atoms with E-state index in [0.717, 1.165) is 17.8 Å². The maximum absolute atomic E-state index is 11.5. The number of rotatable bonds is 3. The van der Waals surface area contributed by atoms with E-state index in [4.69, 9.17) is 17.0 Å². The molecule has 0 saturated carbocycles. The van der Waals surface area contributed by atoms with Crippen molar-refractivity contribution in [2.24, 2.45) is 0 Å².